The summed E-state index contributed by atoms with van der Waals surface area (Å²) in [7, 11) is 0. The molecule has 1 aliphatic heterocycles. The fourth-order valence-electron chi connectivity index (χ4n) is 6.00. The number of hydrogen-bond donors (Lipinski definition) is 1. The lowest BCUT2D eigenvalue weighted by molar-refractivity contribution is -0.219. The van der Waals surface area contributed by atoms with Gasteiger partial charge in [-0.1, -0.05) is 30.3 Å². The molecule has 0 fully saturated rings. The third-order valence-corrected chi connectivity index (χ3v) is 8.54. The van der Waals surface area contributed by atoms with Crippen LogP contribution in [0.2, 0.25) is 0 Å². The van der Waals surface area contributed by atoms with Crippen LogP contribution in [-0.4, -0.2) is 56.3 Å². The van der Waals surface area contributed by atoms with E-state index in [0.29, 0.717) is 50.5 Å². The molecule has 2 aromatic heterocycles. The van der Waals surface area contributed by atoms with Crippen molar-refractivity contribution in [2.75, 3.05) is 13.2 Å². The quantitative estimate of drug-likeness (QED) is 0.187. The van der Waals surface area contributed by atoms with Gasteiger partial charge >= 0.3 is 17.8 Å². The normalized spacial score (nSPS) is 16.5. The largest absolute Gasteiger partial charge is 0.493 e. The van der Waals surface area contributed by atoms with Crippen LogP contribution in [0.15, 0.2) is 66.7 Å². The van der Waals surface area contributed by atoms with Crippen molar-refractivity contribution in [1.82, 2.24) is 14.6 Å². The number of aromatic nitrogens is 3. The molecule has 0 aliphatic carbocycles. The number of fused-ring (bicyclic) bond motifs is 9. The van der Waals surface area contributed by atoms with E-state index in [1.165, 1.54) is 22.7 Å². The first-order valence-corrected chi connectivity index (χ1v) is 16.3. The highest BCUT2D eigenvalue weighted by atomic mass is 19.3. The Labute approximate surface area is 290 Å². The van der Waals surface area contributed by atoms with Crippen molar-refractivity contribution in [2.24, 2.45) is 0 Å². The van der Waals surface area contributed by atoms with E-state index in [0.717, 1.165) is 6.07 Å². The van der Waals surface area contributed by atoms with E-state index in [9.17, 15) is 31.9 Å². The molecule has 13 heteroatoms. The fraction of sp³-hybridized carbons (Fsp3) is 0.342. The second-order valence-electron chi connectivity index (χ2n) is 13.5. The number of ether oxygens (including phenoxy) is 3. The standard InChI is InChI=1S/C38H36F5N3O5/c1-21-9-10-25-18-29(21)49-15-13-37(40,41)38(42,43)14-16-50-30-19-26(39)11-12-27(30)23-7-6-8-24(17-23)28-20-31-44-22(2)32(33(25)46(31)45-28)34(35(47)48)51-36(3,4)5/h6-12,17-20,34H,13-16H2,1-5H3,(H,47,48)/t34-/m0/s1. The number of carboxylic acid groups (broad SMARTS) is 1. The average Bonchev–Trinajstić information content (AvgIpc) is 3.47. The molecule has 0 unspecified atom stereocenters. The molecular weight excluding hydrogens is 673 g/mol. The van der Waals surface area contributed by atoms with E-state index < -0.39 is 61.4 Å². The molecule has 6 rings (SSSR count). The lowest BCUT2D eigenvalue weighted by Gasteiger charge is -2.28. The van der Waals surface area contributed by atoms with Crippen LogP contribution in [-0.2, 0) is 9.53 Å². The number of halogens is 5. The molecule has 268 valence electrons. The Balaban J connectivity index is 1.61. The molecule has 6 bridgehead atoms. The molecule has 1 aliphatic rings. The minimum Gasteiger partial charge on any atom is -0.493 e. The van der Waals surface area contributed by atoms with Gasteiger partial charge in [-0.25, -0.2) is 18.7 Å². The van der Waals surface area contributed by atoms with Crippen LogP contribution in [0, 0.1) is 19.7 Å². The number of carbonyl (C=O) groups is 1. The van der Waals surface area contributed by atoms with Crippen LogP contribution in [0.5, 0.6) is 11.5 Å². The summed E-state index contributed by atoms with van der Waals surface area (Å²) in [6.07, 6.45) is -4.14. The summed E-state index contributed by atoms with van der Waals surface area (Å²) in [6, 6.07) is 17.1. The lowest BCUT2D eigenvalue weighted by Crippen LogP contribution is -2.42. The molecule has 0 radical (unpaired) electrons. The summed E-state index contributed by atoms with van der Waals surface area (Å²) in [5.41, 5.74) is 3.13. The van der Waals surface area contributed by atoms with Crippen molar-refractivity contribution >= 4 is 11.6 Å². The maximum Gasteiger partial charge on any atom is 0.337 e. The Hall–Kier alpha value is -5.04. The molecule has 0 amide bonds. The third kappa shape index (κ3) is 7.25. The van der Waals surface area contributed by atoms with Gasteiger partial charge in [0.05, 0.1) is 43.0 Å². The first-order chi connectivity index (χ1) is 23.9. The lowest BCUT2D eigenvalue weighted by atomic mass is 9.98. The van der Waals surface area contributed by atoms with E-state index in [4.69, 9.17) is 24.3 Å². The van der Waals surface area contributed by atoms with Crippen LogP contribution >= 0.6 is 0 Å². The second kappa shape index (κ2) is 13.3. The molecule has 5 aromatic rings. The van der Waals surface area contributed by atoms with Crippen molar-refractivity contribution in [1.29, 1.82) is 0 Å². The Morgan fingerprint density at radius 1 is 0.882 bits per heavy atom. The summed E-state index contributed by atoms with van der Waals surface area (Å²) < 4.78 is 93.0. The van der Waals surface area contributed by atoms with Crippen LogP contribution in [0.25, 0.3) is 39.3 Å². The first kappa shape index (κ1) is 35.8. The van der Waals surface area contributed by atoms with Crippen molar-refractivity contribution in [3.63, 3.8) is 0 Å². The van der Waals surface area contributed by atoms with E-state index in [2.05, 4.69) is 0 Å². The van der Waals surface area contributed by atoms with E-state index in [-0.39, 0.29) is 17.1 Å². The first-order valence-electron chi connectivity index (χ1n) is 16.3. The van der Waals surface area contributed by atoms with E-state index >= 15 is 0 Å². The molecule has 1 N–H and O–H groups in total. The summed E-state index contributed by atoms with van der Waals surface area (Å²) >= 11 is 0. The van der Waals surface area contributed by atoms with Gasteiger partial charge in [-0.05, 0) is 70.0 Å². The van der Waals surface area contributed by atoms with Gasteiger partial charge in [0.15, 0.2) is 11.8 Å². The second-order valence-corrected chi connectivity index (χ2v) is 13.5. The summed E-state index contributed by atoms with van der Waals surface area (Å²) in [6.45, 7) is 6.91. The topological polar surface area (TPSA) is 95.2 Å². The van der Waals surface area contributed by atoms with Crippen LogP contribution in [0.1, 0.15) is 56.5 Å². The average molecular weight is 710 g/mol. The molecule has 1 atom stereocenters. The molecule has 3 aromatic carbocycles. The van der Waals surface area contributed by atoms with Gasteiger partial charge in [-0.3, -0.25) is 0 Å². The van der Waals surface area contributed by atoms with Gasteiger partial charge < -0.3 is 19.3 Å². The third-order valence-electron chi connectivity index (χ3n) is 8.54. The Morgan fingerprint density at radius 3 is 2.22 bits per heavy atom. The smallest absolute Gasteiger partial charge is 0.337 e. The maximum absolute atomic E-state index is 15.0. The molecule has 0 spiro atoms. The number of aliphatic carboxylic acids is 1. The van der Waals surface area contributed by atoms with Gasteiger partial charge in [0, 0.05) is 40.1 Å². The SMILES string of the molecule is Cc1ccc2cc1OCCC(F)(F)C(F)(F)CCOc1cc(F)ccc1-c1cccc(c1)-c1cc3nc(C)c([C@H](OC(C)(C)C)C(=O)O)c-2n3n1. The van der Waals surface area contributed by atoms with Gasteiger partial charge in [0.25, 0.3) is 0 Å². The summed E-state index contributed by atoms with van der Waals surface area (Å²) in [4.78, 5) is 17.5. The Morgan fingerprint density at radius 2 is 1.55 bits per heavy atom. The number of benzene rings is 3. The molecule has 0 saturated carbocycles. The Kier molecular flexibility index (Phi) is 9.30. The molecule has 3 heterocycles. The van der Waals surface area contributed by atoms with Gasteiger partial charge in [-0.2, -0.15) is 22.7 Å². The monoisotopic (exact) mass is 709 g/mol. The number of hydrogen-bond acceptors (Lipinski definition) is 6. The number of nitrogens with zero attached hydrogens (tertiary/aromatic N) is 3. The van der Waals surface area contributed by atoms with Crippen molar-refractivity contribution in [3.05, 3.63) is 89.4 Å². The van der Waals surface area contributed by atoms with Crippen molar-refractivity contribution < 1.29 is 46.1 Å². The van der Waals surface area contributed by atoms with Gasteiger partial charge in [-0.15, -0.1) is 0 Å². The Bertz CT molecular complexity index is 2130. The van der Waals surface area contributed by atoms with Gasteiger partial charge in [0.2, 0.25) is 0 Å². The van der Waals surface area contributed by atoms with Crippen LogP contribution in [0.4, 0.5) is 22.0 Å². The van der Waals surface area contributed by atoms with Crippen molar-refractivity contribution in [2.45, 2.75) is 71.0 Å². The van der Waals surface area contributed by atoms with E-state index in [1.807, 2.05) is 0 Å². The summed E-state index contributed by atoms with van der Waals surface area (Å²) in [5.74, 6) is -10.9. The number of rotatable bonds is 3. The molecule has 0 saturated heterocycles. The zero-order valence-electron chi connectivity index (χ0n) is 28.6. The molecular formula is C38H36F5N3O5. The van der Waals surface area contributed by atoms with E-state index in [1.54, 1.807) is 77.1 Å². The highest BCUT2D eigenvalue weighted by Crippen LogP contribution is 2.42. The highest BCUT2D eigenvalue weighted by Gasteiger charge is 2.55. The maximum atomic E-state index is 15.0. The number of alkyl halides is 4. The zero-order valence-corrected chi connectivity index (χ0v) is 28.6. The fourth-order valence-corrected chi connectivity index (χ4v) is 6.00. The van der Waals surface area contributed by atoms with Crippen LogP contribution in [0.3, 0.4) is 0 Å². The van der Waals surface area contributed by atoms with Crippen LogP contribution < -0.4 is 9.47 Å². The molecule has 51 heavy (non-hydrogen) atoms. The van der Waals surface area contributed by atoms with Crippen molar-refractivity contribution in [3.8, 4) is 45.1 Å². The zero-order chi connectivity index (χ0) is 36.9. The summed E-state index contributed by atoms with van der Waals surface area (Å²) in [5, 5.41) is 15.3. The number of carboxylic acids is 1. The minimum atomic E-state index is -4.47. The van der Waals surface area contributed by atoms with Gasteiger partial charge in [0.1, 0.15) is 17.3 Å². The minimum absolute atomic E-state index is 0.101. The predicted molar refractivity (Wildman–Crippen MR) is 180 cm³/mol. The highest BCUT2D eigenvalue weighted by molar-refractivity contribution is 5.82. The molecule has 8 nitrogen and oxygen atoms in total. The number of aryl methyl sites for hydroxylation is 2. The predicted octanol–water partition coefficient (Wildman–Crippen LogP) is 9.25.